The fraction of sp³-hybridized carbons (Fsp3) is 0.625. The highest BCUT2D eigenvalue weighted by Gasteiger charge is 2.32. The minimum absolute atomic E-state index is 0.499. The predicted molar refractivity (Wildman–Crippen MR) is 99.2 cm³/mol. The molecule has 3 rings (SSSR count). The number of rotatable bonds is 3. The summed E-state index contributed by atoms with van der Waals surface area (Å²) < 4.78 is 28.9. The van der Waals surface area contributed by atoms with Gasteiger partial charge in [-0.3, -0.25) is 0 Å². The highest BCUT2D eigenvalue weighted by molar-refractivity contribution is 7.86. The zero-order chi connectivity index (χ0) is 17.2. The zero-order valence-electron chi connectivity index (χ0n) is 13.6. The highest BCUT2D eigenvalue weighted by atomic mass is 35.5. The molecule has 2 aliphatic rings. The number of piperazine rings is 1. The molecule has 0 N–H and O–H groups in total. The summed E-state index contributed by atoms with van der Waals surface area (Å²) in [6.45, 7) is 3.61. The van der Waals surface area contributed by atoms with Crippen LogP contribution in [0.5, 0.6) is 0 Å². The number of halogens is 2. The van der Waals surface area contributed by atoms with Crippen LogP contribution in [0.2, 0.25) is 10.0 Å². The third kappa shape index (κ3) is 3.99. The quantitative estimate of drug-likeness (QED) is 0.793. The molecule has 0 amide bonds. The van der Waals surface area contributed by atoms with Crippen LogP contribution in [0.1, 0.15) is 25.7 Å². The van der Waals surface area contributed by atoms with Crippen molar-refractivity contribution in [3.8, 4) is 0 Å². The van der Waals surface area contributed by atoms with Crippen LogP contribution in [0.15, 0.2) is 18.2 Å². The van der Waals surface area contributed by atoms with Crippen molar-refractivity contribution >= 4 is 39.1 Å². The molecule has 0 saturated carbocycles. The summed E-state index contributed by atoms with van der Waals surface area (Å²) in [4.78, 5) is 2.15. The van der Waals surface area contributed by atoms with Crippen molar-refractivity contribution in [3.05, 3.63) is 28.2 Å². The normalized spacial score (nSPS) is 21.7. The summed E-state index contributed by atoms with van der Waals surface area (Å²) in [5.74, 6) is 0. The van der Waals surface area contributed by atoms with E-state index in [1.54, 1.807) is 14.7 Å². The summed E-state index contributed by atoms with van der Waals surface area (Å²) in [6.07, 6.45) is 4.17. The molecule has 1 aromatic rings. The Hall–Kier alpha value is -0.530. The first-order valence-electron chi connectivity index (χ1n) is 8.44. The smallest absolute Gasteiger partial charge is 0.282 e. The van der Waals surface area contributed by atoms with Gasteiger partial charge in [-0.2, -0.15) is 17.0 Å². The third-order valence-electron chi connectivity index (χ3n) is 4.72. The first-order chi connectivity index (χ1) is 11.5. The lowest BCUT2D eigenvalue weighted by atomic mass is 10.2. The lowest BCUT2D eigenvalue weighted by Crippen LogP contribution is -2.53. The van der Waals surface area contributed by atoms with Crippen LogP contribution in [0.4, 0.5) is 5.69 Å². The van der Waals surface area contributed by atoms with Gasteiger partial charge in [0.25, 0.3) is 10.2 Å². The summed E-state index contributed by atoms with van der Waals surface area (Å²) in [7, 11) is -3.34. The topological polar surface area (TPSA) is 43.9 Å². The Morgan fingerprint density at radius 2 is 1.33 bits per heavy atom. The Morgan fingerprint density at radius 3 is 1.92 bits per heavy atom. The number of hydrogen-bond acceptors (Lipinski definition) is 3. The number of nitrogens with zero attached hydrogens (tertiary/aromatic N) is 3. The molecule has 0 aliphatic carbocycles. The van der Waals surface area contributed by atoms with Crippen molar-refractivity contribution in [2.24, 2.45) is 0 Å². The number of benzene rings is 1. The Labute approximate surface area is 154 Å². The monoisotopic (exact) mass is 391 g/mol. The van der Waals surface area contributed by atoms with E-state index in [9.17, 15) is 8.42 Å². The molecule has 0 unspecified atom stereocenters. The van der Waals surface area contributed by atoms with Crippen molar-refractivity contribution < 1.29 is 8.42 Å². The van der Waals surface area contributed by atoms with Crippen LogP contribution < -0.4 is 4.90 Å². The standard InChI is InChI=1S/C16H23Cl2N3O2S/c17-15-6-5-14(13-16(15)18)19-9-11-21(12-10-19)24(22,23)20-7-3-1-2-4-8-20/h5-6,13H,1-4,7-12H2. The summed E-state index contributed by atoms with van der Waals surface area (Å²) in [5, 5.41) is 1.05. The van der Waals surface area contributed by atoms with Crippen LogP contribution in [-0.4, -0.2) is 56.3 Å². The van der Waals surface area contributed by atoms with Crippen molar-refractivity contribution in [1.82, 2.24) is 8.61 Å². The van der Waals surface area contributed by atoms with E-state index in [-0.39, 0.29) is 0 Å². The van der Waals surface area contributed by atoms with Gasteiger partial charge in [0.05, 0.1) is 10.0 Å². The van der Waals surface area contributed by atoms with Crippen LogP contribution >= 0.6 is 23.2 Å². The van der Waals surface area contributed by atoms with Crippen molar-refractivity contribution in [2.45, 2.75) is 25.7 Å². The van der Waals surface area contributed by atoms with E-state index in [4.69, 9.17) is 23.2 Å². The molecule has 8 heteroatoms. The Kier molecular flexibility index (Phi) is 5.93. The molecule has 0 radical (unpaired) electrons. The van der Waals surface area contributed by atoms with Gasteiger partial charge in [-0.25, -0.2) is 0 Å². The Balaban J connectivity index is 1.64. The SMILES string of the molecule is O=S(=O)(N1CCCCCC1)N1CCN(c2ccc(Cl)c(Cl)c2)CC1. The lowest BCUT2D eigenvalue weighted by Gasteiger charge is -2.37. The molecule has 5 nitrogen and oxygen atoms in total. The third-order valence-corrected chi connectivity index (χ3v) is 7.50. The molecule has 0 spiro atoms. The van der Waals surface area contributed by atoms with Crippen molar-refractivity contribution in [2.75, 3.05) is 44.2 Å². The summed E-state index contributed by atoms with van der Waals surface area (Å²) >= 11 is 12.0. The maximum atomic E-state index is 12.8. The minimum atomic E-state index is -3.34. The van der Waals surface area contributed by atoms with E-state index in [2.05, 4.69) is 4.90 Å². The summed E-state index contributed by atoms with van der Waals surface area (Å²) in [5.41, 5.74) is 0.983. The van der Waals surface area contributed by atoms with Gasteiger partial charge in [-0.1, -0.05) is 36.0 Å². The van der Waals surface area contributed by atoms with Gasteiger partial charge in [0.15, 0.2) is 0 Å². The van der Waals surface area contributed by atoms with Gasteiger partial charge in [0, 0.05) is 45.0 Å². The van der Waals surface area contributed by atoms with Gasteiger partial charge in [0.1, 0.15) is 0 Å². The molecule has 0 aromatic heterocycles. The van der Waals surface area contributed by atoms with Crippen molar-refractivity contribution in [3.63, 3.8) is 0 Å². The molecule has 134 valence electrons. The van der Waals surface area contributed by atoms with Gasteiger partial charge in [0.2, 0.25) is 0 Å². The van der Waals surface area contributed by atoms with E-state index >= 15 is 0 Å². The highest BCUT2D eigenvalue weighted by Crippen LogP contribution is 2.28. The van der Waals surface area contributed by atoms with Crippen LogP contribution in [0.25, 0.3) is 0 Å². The molecule has 2 fully saturated rings. The van der Waals surface area contributed by atoms with Crippen molar-refractivity contribution in [1.29, 1.82) is 0 Å². The minimum Gasteiger partial charge on any atom is -0.369 e. The van der Waals surface area contributed by atoms with Crippen LogP contribution in [-0.2, 0) is 10.2 Å². The maximum Gasteiger partial charge on any atom is 0.282 e. The molecule has 2 aliphatic heterocycles. The summed E-state index contributed by atoms with van der Waals surface area (Å²) in [6, 6.07) is 5.54. The average Bonchev–Trinajstić information content (AvgIpc) is 2.87. The molecule has 1 aromatic carbocycles. The van der Waals surface area contributed by atoms with Crippen LogP contribution in [0.3, 0.4) is 0 Å². The fourth-order valence-electron chi connectivity index (χ4n) is 3.29. The van der Waals surface area contributed by atoms with Gasteiger partial charge >= 0.3 is 0 Å². The largest absolute Gasteiger partial charge is 0.369 e. The van der Waals surface area contributed by atoms with Gasteiger partial charge in [-0.05, 0) is 31.0 Å². The molecule has 0 bridgehead atoms. The average molecular weight is 392 g/mol. The predicted octanol–water partition coefficient (Wildman–Crippen LogP) is 3.24. The second-order valence-electron chi connectivity index (χ2n) is 6.31. The molecular formula is C16H23Cl2N3O2S. The molecule has 24 heavy (non-hydrogen) atoms. The number of anilines is 1. The maximum absolute atomic E-state index is 12.8. The lowest BCUT2D eigenvalue weighted by molar-refractivity contribution is 0.327. The van der Waals surface area contributed by atoms with E-state index in [0.29, 0.717) is 49.3 Å². The van der Waals surface area contributed by atoms with Crippen LogP contribution in [0, 0.1) is 0 Å². The second-order valence-corrected chi connectivity index (χ2v) is 9.05. The Bertz CT molecular complexity index is 668. The molecular weight excluding hydrogens is 369 g/mol. The molecule has 2 saturated heterocycles. The van der Waals surface area contributed by atoms with Gasteiger partial charge < -0.3 is 4.90 Å². The molecule has 2 heterocycles. The first-order valence-corrected chi connectivity index (χ1v) is 10.6. The molecule has 0 atom stereocenters. The first kappa shape index (κ1) is 18.3. The van der Waals surface area contributed by atoms with E-state index < -0.39 is 10.2 Å². The van der Waals surface area contributed by atoms with E-state index in [0.717, 1.165) is 31.4 Å². The van der Waals surface area contributed by atoms with Gasteiger partial charge in [-0.15, -0.1) is 0 Å². The number of hydrogen-bond donors (Lipinski definition) is 0. The fourth-order valence-corrected chi connectivity index (χ4v) is 5.26. The Morgan fingerprint density at radius 1 is 0.750 bits per heavy atom. The van der Waals surface area contributed by atoms with E-state index in [1.165, 1.54) is 0 Å². The zero-order valence-corrected chi connectivity index (χ0v) is 16.0. The van der Waals surface area contributed by atoms with E-state index in [1.807, 2.05) is 12.1 Å². The second kappa shape index (κ2) is 7.79.